The van der Waals surface area contributed by atoms with Crippen molar-refractivity contribution in [2.24, 2.45) is 0 Å². The van der Waals surface area contributed by atoms with Crippen molar-refractivity contribution < 1.29 is 9.53 Å². The van der Waals surface area contributed by atoms with Gasteiger partial charge >= 0.3 is 0 Å². The van der Waals surface area contributed by atoms with Crippen molar-refractivity contribution in [3.63, 3.8) is 0 Å². The van der Waals surface area contributed by atoms with Crippen molar-refractivity contribution in [2.75, 3.05) is 32.1 Å². The van der Waals surface area contributed by atoms with Gasteiger partial charge in [0, 0.05) is 23.9 Å². The van der Waals surface area contributed by atoms with Gasteiger partial charge < -0.3 is 19.5 Å². The molecule has 0 fully saturated rings. The number of pyridine rings is 1. The van der Waals surface area contributed by atoms with E-state index in [0.717, 1.165) is 5.69 Å². The Kier molecular flexibility index (Phi) is 4.40. The van der Waals surface area contributed by atoms with Crippen LogP contribution < -0.4 is 15.2 Å². The van der Waals surface area contributed by atoms with E-state index in [2.05, 4.69) is 4.98 Å². The van der Waals surface area contributed by atoms with E-state index < -0.39 is 0 Å². The SMILES string of the molecule is Cc1cc(C(=O)N2CC(CN(C)C)Oc3ccccc32)cc(=O)[nH]1. The summed E-state index contributed by atoms with van der Waals surface area (Å²) in [6.07, 6.45) is -0.123. The first-order valence-corrected chi connectivity index (χ1v) is 7.87. The number of anilines is 1. The summed E-state index contributed by atoms with van der Waals surface area (Å²) < 4.78 is 6.00. The monoisotopic (exact) mass is 327 g/mol. The standard InChI is InChI=1S/C18H21N3O3/c1-12-8-13(9-17(22)19-12)18(23)21-11-14(10-20(2)3)24-16-7-5-4-6-15(16)21/h4-9,14H,10-11H2,1-3H3,(H,19,22). The van der Waals surface area contributed by atoms with Crippen LogP contribution in [0.4, 0.5) is 5.69 Å². The number of ether oxygens (including phenoxy) is 1. The molecule has 6 nitrogen and oxygen atoms in total. The number of hydrogen-bond acceptors (Lipinski definition) is 4. The highest BCUT2D eigenvalue weighted by atomic mass is 16.5. The molecular weight excluding hydrogens is 306 g/mol. The Morgan fingerprint density at radius 2 is 2.08 bits per heavy atom. The van der Waals surface area contributed by atoms with Crippen LogP contribution in [0, 0.1) is 6.92 Å². The van der Waals surface area contributed by atoms with Crippen LogP contribution in [0.3, 0.4) is 0 Å². The molecule has 1 aliphatic rings. The number of fused-ring (bicyclic) bond motifs is 1. The highest BCUT2D eigenvalue weighted by molar-refractivity contribution is 6.07. The second-order valence-electron chi connectivity index (χ2n) is 6.30. The minimum Gasteiger partial charge on any atom is -0.485 e. The summed E-state index contributed by atoms with van der Waals surface area (Å²) in [5, 5.41) is 0. The lowest BCUT2D eigenvalue weighted by molar-refractivity contribution is 0.0940. The molecule has 3 rings (SSSR count). The number of benzene rings is 1. The molecule has 1 N–H and O–H groups in total. The van der Waals surface area contributed by atoms with E-state index in [1.54, 1.807) is 17.9 Å². The summed E-state index contributed by atoms with van der Waals surface area (Å²) in [5.74, 6) is 0.495. The average molecular weight is 327 g/mol. The molecule has 1 atom stereocenters. The van der Waals surface area contributed by atoms with Crippen molar-refractivity contribution >= 4 is 11.6 Å². The van der Waals surface area contributed by atoms with Gasteiger partial charge in [-0.3, -0.25) is 9.59 Å². The average Bonchev–Trinajstić information content (AvgIpc) is 2.52. The first-order chi connectivity index (χ1) is 11.4. The lowest BCUT2D eigenvalue weighted by Gasteiger charge is -2.36. The maximum absolute atomic E-state index is 13.0. The summed E-state index contributed by atoms with van der Waals surface area (Å²) in [6.45, 7) is 2.91. The van der Waals surface area contributed by atoms with Gasteiger partial charge in [0.2, 0.25) is 5.56 Å². The number of carbonyl (C=O) groups excluding carboxylic acids is 1. The Balaban J connectivity index is 1.98. The predicted octanol–water partition coefficient (Wildman–Crippen LogP) is 1.65. The molecule has 0 radical (unpaired) electrons. The fourth-order valence-corrected chi connectivity index (χ4v) is 2.96. The number of nitrogens with zero attached hydrogens (tertiary/aromatic N) is 2. The fourth-order valence-electron chi connectivity index (χ4n) is 2.96. The quantitative estimate of drug-likeness (QED) is 0.931. The number of nitrogens with one attached hydrogen (secondary N) is 1. The molecule has 1 unspecified atom stereocenters. The number of para-hydroxylation sites is 2. The van der Waals surface area contributed by atoms with Crippen LogP contribution in [0.1, 0.15) is 16.1 Å². The summed E-state index contributed by atoms with van der Waals surface area (Å²) in [5.41, 5.74) is 1.51. The normalized spacial score (nSPS) is 16.7. The summed E-state index contributed by atoms with van der Waals surface area (Å²) in [4.78, 5) is 31.1. The number of likely N-dealkylation sites (N-methyl/N-ethyl adjacent to an activating group) is 1. The molecular formula is C18H21N3O3. The minimum atomic E-state index is -0.273. The third-order valence-electron chi connectivity index (χ3n) is 3.88. The number of hydrogen-bond donors (Lipinski definition) is 1. The van der Waals surface area contributed by atoms with E-state index in [-0.39, 0.29) is 17.6 Å². The van der Waals surface area contributed by atoms with Crippen LogP contribution in [-0.4, -0.2) is 49.1 Å². The van der Waals surface area contributed by atoms with Gasteiger partial charge in [0.15, 0.2) is 0 Å². The van der Waals surface area contributed by atoms with Crippen LogP contribution in [0.5, 0.6) is 5.75 Å². The van der Waals surface area contributed by atoms with E-state index in [0.29, 0.717) is 30.1 Å². The number of H-pyrrole nitrogens is 1. The summed E-state index contributed by atoms with van der Waals surface area (Å²) in [7, 11) is 3.94. The number of rotatable bonds is 3. The zero-order chi connectivity index (χ0) is 17.3. The van der Waals surface area contributed by atoms with Crippen LogP contribution in [0.2, 0.25) is 0 Å². The summed E-state index contributed by atoms with van der Waals surface area (Å²) >= 11 is 0. The Labute approximate surface area is 140 Å². The van der Waals surface area contributed by atoms with E-state index in [4.69, 9.17) is 4.74 Å². The van der Waals surface area contributed by atoms with Gasteiger partial charge in [-0.2, -0.15) is 0 Å². The van der Waals surface area contributed by atoms with E-state index in [1.165, 1.54) is 6.07 Å². The Hall–Kier alpha value is -2.60. The second kappa shape index (κ2) is 6.49. The number of aryl methyl sites for hydroxylation is 1. The minimum absolute atomic E-state index is 0.123. The molecule has 1 amide bonds. The summed E-state index contributed by atoms with van der Waals surface area (Å²) in [6, 6.07) is 10.5. The first kappa shape index (κ1) is 16.3. The van der Waals surface area contributed by atoms with Gasteiger partial charge in [-0.05, 0) is 39.2 Å². The Bertz CT molecular complexity index is 813. The molecule has 0 saturated heterocycles. The van der Waals surface area contributed by atoms with Gasteiger partial charge in [0.1, 0.15) is 11.9 Å². The van der Waals surface area contributed by atoms with Gasteiger partial charge in [0.25, 0.3) is 5.91 Å². The smallest absolute Gasteiger partial charge is 0.258 e. The lowest BCUT2D eigenvalue weighted by atomic mass is 10.1. The molecule has 1 aromatic carbocycles. The van der Waals surface area contributed by atoms with E-state index in [1.807, 2.05) is 43.3 Å². The molecule has 1 aliphatic heterocycles. The van der Waals surface area contributed by atoms with E-state index in [9.17, 15) is 9.59 Å². The molecule has 6 heteroatoms. The van der Waals surface area contributed by atoms with Crippen LogP contribution in [-0.2, 0) is 0 Å². The second-order valence-corrected chi connectivity index (χ2v) is 6.30. The van der Waals surface area contributed by atoms with Gasteiger partial charge in [-0.15, -0.1) is 0 Å². The number of carbonyl (C=O) groups is 1. The molecule has 126 valence electrons. The number of aromatic amines is 1. The van der Waals surface area contributed by atoms with Crippen LogP contribution in [0.25, 0.3) is 0 Å². The van der Waals surface area contributed by atoms with Crippen molar-refractivity contribution in [3.05, 3.63) is 58.0 Å². The first-order valence-electron chi connectivity index (χ1n) is 7.87. The molecule has 1 aromatic heterocycles. The molecule has 2 heterocycles. The maximum atomic E-state index is 13.0. The van der Waals surface area contributed by atoms with Gasteiger partial charge in [-0.25, -0.2) is 0 Å². The molecule has 0 spiro atoms. The van der Waals surface area contributed by atoms with Crippen LogP contribution in [0.15, 0.2) is 41.2 Å². The zero-order valence-electron chi connectivity index (χ0n) is 14.1. The molecule has 24 heavy (non-hydrogen) atoms. The van der Waals surface area contributed by atoms with Gasteiger partial charge in [0.05, 0.1) is 12.2 Å². The van der Waals surface area contributed by atoms with Crippen molar-refractivity contribution in [1.82, 2.24) is 9.88 Å². The molecule has 2 aromatic rings. The highest BCUT2D eigenvalue weighted by Crippen LogP contribution is 2.34. The fraction of sp³-hybridized carbons (Fsp3) is 0.333. The number of aromatic nitrogens is 1. The van der Waals surface area contributed by atoms with Gasteiger partial charge in [-0.1, -0.05) is 12.1 Å². The third-order valence-corrected chi connectivity index (χ3v) is 3.88. The zero-order valence-corrected chi connectivity index (χ0v) is 14.1. The Morgan fingerprint density at radius 3 is 2.79 bits per heavy atom. The van der Waals surface area contributed by atoms with Crippen molar-refractivity contribution in [2.45, 2.75) is 13.0 Å². The number of amides is 1. The van der Waals surface area contributed by atoms with Crippen molar-refractivity contribution in [3.8, 4) is 5.75 Å². The molecule has 0 aliphatic carbocycles. The topological polar surface area (TPSA) is 65.6 Å². The van der Waals surface area contributed by atoms with Crippen LogP contribution >= 0.6 is 0 Å². The third kappa shape index (κ3) is 3.33. The molecule has 0 bridgehead atoms. The molecule has 0 saturated carbocycles. The predicted molar refractivity (Wildman–Crippen MR) is 92.9 cm³/mol. The highest BCUT2D eigenvalue weighted by Gasteiger charge is 2.30. The van der Waals surface area contributed by atoms with E-state index >= 15 is 0 Å². The maximum Gasteiger partial charge on any atom is 0.258 e. The lowest BCUT2D eigenvalue weighted by Crippen LogP contribution is -2.47. The largest absolute Gasteiger partial charge is 0.485 e. The Morgan fingerprint density at radius 1 is 1.33 bits per heavy atom. The van der Waals surface area contributed by atoms with Crippen molar-refractivity contribution in [1.29, 1.82) is 0 Å².